The number of rotatable bonds is 4. The molecule has 0 radical (unpaired) electrons. The summed E-state index contributed by atoms with van der Waals surface area (Å²) in [5.74, 6) is 0.437. The first-order chi connectivity index (χ1) is 14.4. The van der Waals surface area contributed by atoms with E-state index in [0.29, 0.717) is 11.8 Å². The van der Waals surface area contributed by atoms with E-state index in [1.807, 2.05) is 32.9 Å². The van der Waals surface area contributed by atoms with E-state index in [4.69, 9.17) is 4.74 Å². The van der Waals surface area contributed by atoms with Crippen LogP contribution < -0.4 is 15.4 Å². The number of anilines is 1. The van der Waals surface area contributed by atoms with Crippen molar-refractivity contribution in [1.82, 2.24) is 5.32 Å². The van der Waals surface area contributed by atoms with E-state index in [1.165, 1.54) is 34.4 Å². The van der Waals surface area contributed by atoms with Gasteiger partial charge in [-0.15, -0.1) is 0 Å². The van der Waals surface area contributed by atoms with Gasteiger partial charge in [0.05, 0.1) is 5.41 Å². The number of aryl methyl sites for hydroxylation is 1. The van der Waals surface area contributed by atoms with Crippen molar-refractivity contribution in [2.45, 2.75) is 52.5 Å². The molecule has 4 nitrogen and oxygen atoms in total. The molecule has 0 saturated carbocycles. The van der Waals surface area contributed by atoms with Crippen molar-refractivity contribution in [1.29, 1.82) is 0 Å². The number of ether oxygens (including phenoxy) is 1. The summed E-state index contributed by atoms with van der Waals surface area (Å²) in [7, 11) is 0. The molecular formula is C26H32N2O2. The fourth-order valence-corrected chi connectivity index (χ4v) is 4.05. The van der Waals surface area contributed by atoms with E-state index in [-0.39, 0.29) is 5.97 Å². The Labute approximate surface area is 179 Å². The largest absolute Gasteiger partial charge is 0.426 e. The third kappa shape index (κ3) is 4.76. The van der Waals surface area contributed by atoms with E-state index in [0.717, 1.165) is 32.4 Å². The van der Waals surface area contributed by atoms with E-state index in [1.54, 1.807) is 0 Å². The molecule has 1 aliphatic heterocycles. The minimum atomic E-state index is -0.512. The maximum atomic E-state index is 12.3. The highest BCUT2D eigenvalue weighted by atomic mass is 16.5. The lowest BCUT2D eigenvalue weighted by Gasteiger charge is -2.18. The number of nitrogens with one attached hydrogen (secondary N) is 2. The summed E-state index contributed by atoms with van der Waals surface area (Å²) in [6.45, 7) is 7.75. The zero-order valence-electron chi connectivity index (χ0n) is 18.3. The molecule has 1 atom stereocenters. The van der Waals surface area contributed by atoms with E-state index in [2.05, 4.69) is 47.0 Å². The second-order valence-corrected chi connectivity index (χ2v) is 9.38. The van der Waals surface area contributed by atoms with Crippen LogP contribution in [0.5, 0.6) is 5.75 Å². The molecule has 1 saturated heterocycles. The predicted octanol–water partition coefficient (Wildman–Crippen LogP) is 5.18. The predicted molar refractivity (Wildman–Crippen MR) is 123 cm³/mol. The third-order valence-electron chi connectivity index (χ3n) is 5.82. The molecule has 2 N–H and O–H groups in total. The fraction of sp³-hybridized carbons (Fsp3) is 0.423. The lowest BCUT2D eigenvalue weighted by Crippen LogP contribution is -2.25. The highest BCUT2D eigenvalue weighted by molar-refractivity contribution is 5.83. The van der Waals surface area contributed by atoms with Crippen molar-refractivity contribution in [3.05, 3.63) is 65.2 Å². The molecule has 1 aliphatic carbocycles. The number of benzene rings is 2. The van der Waals surface area contributed by atoms with Gasteiger partial charge in [0.1, 0.15) is 5.75 Å². The summed E-state index contributed by atoms with van der Waals surface area (Å²) in [6, 6.07) is 15.4. The minimum Gasteiger partial charge on any atom is -0.426 e. The Balaban J connectivity index is 1.55. The van der Waals surface area contributed by atoms with Gasteiger partial charge in [0.15, 0.2) is 0 Å². The fourth-order valence-electron chi connectivity index (χ4n) is 4.05. The molecule has 2 aromatic carbocycles. The van der Waals surface area contributed by atoms with Crippen molar-refractivity contribution in [2.75, 3.05) is 18.4 Å². The number of esters is 1. The average molecular weight is 405 g/mol. The quantitative estimate of drug-likeness (QED) is 0.545. The maximum Gasteiger partial charge on any atom is 0.316 e. The molecular weight excluding hydrogens is 372 g/mol. The first-order valence-corrected chi connectivity index (χ1v) is 11.0. The summed E-state index contributed by atoms with van der Waals surface area (Å²) < 4.78 is 5.63. The standard InChI is InChI=1S/C26H32N2O2/c1-26(2,3)25(29)30-22-12-13-24-19(16-22)6-4-5-7-23(24)18-8-10-20(11-9-18)28-21-14-15-27-17-21/h7-13,16,21,27-28H,4-6,14-15,17H2,1-3H3. The van der Waals surface area contributed by atoms with Crippen LogP contribution in [-0.4, -0.2) is 25.1 Å². The minimum absolute atomic E-state index is 0.201. The Morgan fingerprint density at radius 1 is 1.13 bits per heavy atom. The van der Waals surface area contributed by atoms with E-state index >= 15 is 0 Å². The van der Waals surface area contributed by atoms with Gasteiger partial charge in [-0.1, -0.05) is 24.3 Å². The molecule has 2 aromatic rings. The number of allylic oxidation sites excluding steroid dienone is 1. The van der Waals surface area contributed by atoms with Gasteiger partial charge in [-0.2, -0.15) is 0 Å². The first kappa shape index (κ1) is 20.7. The zero-order valence-corrected chi connectivity index (χ0v) is 18.3. The van der Waals surface area contributed by atoms with Crippen LogP contribution in [0.25, 0.3) is 5.57 Å². The lowest BCUT2D eigenvalue weighted by molar-refractivity contribution is -0.143. The molecule has 1 fully saturated rings. The highest BCUT2D eigenvalue weighted by Crippen LogP contribution is 2.34. The number of carbonyl (C=O) groups is 1. The van der Waals surface area contributed by atoms with Crippen LogP contribution in [0.4, 0.5) is 5.69 Å². The summed E-state index contributed by atoms with van der Waals surface area (Å²) in [4.78, 5) is 12.3. The molecule has 0 aromatic heterocycles. The molecule has 158 valence electrons. The van der Waals surface area contributed by atoms with Crippen LogP contribution in [0.1, 0.15) is 56.7 Å². The third-order valence-corrected chi connectivity index (χ3v) is 5.82. The van der Waals surface area contributed by atoms with Crippen LogP contribution in [0.2, 0.25) is 0 Å². The molecule has 30 heavy (non-hydrogen) atoms. The van der Waals surface area contributed by atoms with Gasteiger partial charge in [-0.3, -0.25) is 4.79 Å². The SMILES string of the molecule is CC(C)(C)C(=O)Oc1ccc2c(c1)CCCC=C2c1ccc(NC2CCNC2)cc1. The normalized spacial score (nSPS) is 18.9. The number of fused-ring (bicyclic) bond motifs is 1. The monoisotopic (exact) mass is 404 g/mol. The zero-order chi connectivity index (χ0) is 21.1. The summed E-state index contributed by atoms with van der Waals surface area (Å²) >= 11 is 0. The molecule has 1 heterocycles. The second kappa shape index (κ2) is 8.65. The summed E-state index contributed by atoms with van der Waals surface area (Å²) in [5.41, 5.74) is 5.65. The molecule has 0 spiro atoms. The van der Waals surface area contributed by atoms with Crippen LogP contribution in [-0.2, 0) is 11.2 Å². The van der Waals surface area contributed by atoms with Gasteiger partial charge in [-0.05, 0) is 99.5 Å². The van der Waals surface area contributed by atoms with Gasteiger partial charge in [0.25, 0.3) is 0 Å². The van der Waals surface area contributed by atoms with Gasteiger partial charge in [0, 0.05) is 18.3 Å². The van der Waals surface area contributed by atoms with Gasteiger partial charge in [0.2, 0.25) is 0 Å². The highest BCUT2D eigenvalue weighted by Gasteiger charge is 2.24. The van der Waals surface area contributed by atoms with Crippen molar-refractivity contribution in [3.63, 3.8) is 0 Å². The Morgan fingerprint density at radius 3 is 2.63 bits per heavy atom. The topological polar surface area (TPSA) is 50.4 Å². The smallest absolute Gasteiger partial charge is 0.316 e. The number of hydrogen-bond donors (Lipinski definition) is 2. The first-order valence-electron chi connectivity index (χ1n) is 11.0. The Kier molecular flexibility index (Phi) is 5.96. The number of carbonyl (C=O) groups excluding carboxylic acids is 1. The summed E-state index contributed by atoms with van der Waals surface area (Å²) in [5, 5.41) is 7.00. The van der Waals surface area contributed by atoms with Crippen LogP contribution in [0, 0.1) is 5.41 Å². The molecule has 0 amide bonds. The Hall–Kier alpha value is -2.59. The van der Waals surface area contributed by atoms with Crippen molar-refractivity contribution in [2.24, 2.45) is 5.41 Å². The van der Waals surface area contributed by atoms with Crippen LogP contribution in [0.15, 0.2) is 48.5 Å². The van der Waals surface area contributed by atoms with E-state index in [9.17, 15) is 4.79 Å². The molecule has 4 rings (SSSR count). The summed E-state index contributed by atoms with van der Waals surface area (Å²) in [6.07, 6.45) is 6.65. The van der Waals surface area contributed by atoms with Gasteiger partial charge < -0.3 is 15.4 Å². The lowest BCUT2D eigenvalue weighted by atomic mass is 9.93. The van der Waals surface area contributed by atoms with Gasteiger partial charge >= 0.3 is 5.97 Å². The Bertz CT molecular complexity index is 932. The van der Waals surface area contributed by atoms with Crippen LogP contribution >= 0.6 is 0 Å². The average Bonchev–Trinajstić information content (AvgIpc) is 3.13. The second-order valence-electron chi connectivity index (χ2n) is 9.38. The van der Waals surface area contributed by atoms with E-state index < -0.39 is 5.41 Å². The number of hydrogen-bond acceptors (Lipinski definition) is 4. The molecule has 4 heteroatoms. The molecule has 0 bridgehead atoms. The Morgan fingerprint density at radius 2 is 1.93 bits per heavy atom. The van der Waals surface area contributed by atoms with Crippen molar-refractivity contribution in [3.8, 4) is 5.75 Å². The van der Waals surface area contributed by atoms with Gasteiger partial charge in [-0.25, -0.2) is 0 Å². The van der Waals surface area contributed by atoms with Crippen molar-refractivity contribution < 1.29 is 9.53 Å². The molecule has 2 aliphatic rings. The van der Waals surface area contributed by atoms with Crippen LogP contribution in [0.3, 0.4) is 0 Å². The van der Waals surface area contributed by atoms with Crippen molar-refractivity contribution >= 4 is 17.2 Å². The maximum absolute atomic E-state index is 12.3. The molecule has 1 unspecified atom stereocenters.